The van der Waals surface area contributed by atoms with Gasteiger partial charge in [-0.1, -0.05) is 6.92 Å². The maximum atomic E-state index is 12.4. The number of hydrogen-bond acceptors (Lipinski definition) is 8. The van der Waals surface area contributed by atoms with E-state index in [-0.39, 0.29) is 30.0 Å². The second kappa shape index (κ2) is 10.8. The molecule has 2 heterocycles. The van der Waals surface area contributed by atoms with Crippen LogP contribution < -0.4 is 5.32 Å². The summed E-state index contributed by atoms with van der Waals surface area (Å²) < 4.78 is 15.1. The van der Waals surface area contributed by atoms with Gasteiger partial charge in [0.1, 0.15) is 10.7 Å². The Morgan fingerprint density at radius 3 is 2.23 bits per heavy atom. The van der Waals surface area contributed by atoms with Crippen LogP contribution in [0.1, 0.15) is 68.1 Å². The van der Waals surface area contributed by atoms with Gasteiger partial charge in [0.25, 0.3) is 5.91 Å². The highest BCUT2D eigenvalue weighted by Gasteiger charge is 2.25. The van der Waals surface area contributed by atoms with Gasteiger partial charge in [-0.05, 0) is 45.7 Å². The molecule has 0 aliphatic rings. The van der Waals surface area contributed by atoms with Crippen molar-refractivity contribution < 1.29 is 33.4 Å². The number of ether oxygens (including phenoxy) is 3. The van der Waals surface area contributed by atoms with Crippen LogP contribution in [0.4, 0.5) is 5.00 Å². The summed E-state index contributed by atoms with van der Waals surface area (Å²) >= 11 is 1.26. The molecule has 0 radical (unpaired) electrons. The molecule has 2 rings (SSSR count). The molecule has 0 aromatic carbocycles. The van der Waals surface area contributed by atoms with Crippen LogP contribution in [0.25, 0.3) is 0 Å². The van der Waals surface area contributed by atoms with Crippen molar-refractivity contribution in [2.24, 2.45) is 0 Å². The smallest absolute Gasteiger partial charge is 0.355 e. The van der Waals surface area contributed by atoms with Gasteiger partial charge in [-0.3, -0.25) is 4.79 Å². The summed E-state index contributed by atoms with van der Waals surface area (Å²) in [6, 6.07) is 1.67. The average molecular weight is 451 g/mol. The van der Waals surface area contributed by atoms with Gasteiger partial charge in [-0.25, -0.2) is 14.4 Å². The highest BCUT2D eigenvalue weighted by atomic mass is 32.1. The van der Waals surface area contributed by atoms with Crippen LogP contribution in [0, 0.1) is 13.8 Å². The number of amides is 1. The summed E-state index contributed by atoms with van der Waals surface area (Å²) in [5, 5.41) is 2.94. The standard InChI is InChI=1S/C21H26N2O7S/c1-6-13-9-14(19(25)28-7-2)18(31-13)23-15(24)10-30-21(27)17-11(4)16(12(5)22-17)20(26)29-8-3/h9,22H,6-8,10H2,1-5H3,(H,23,24). The average Bonchev–Trinajstić information content (AvgIpc) is 3.26. The van der Waals surface area contributed by atoms with Crippen molar-refractivity contribution >= 4 is 40.2 Å². The molecule has 0 saturated heterocycles. The Kier molecular flexibility index (Phi) is 8.38. The lowest BCUT2D eigenvalue weighted by Crippen LogP contribution is -2.22. The van der Waals surface area contributed by atoms with E-state index < -0.39 is 30.4 Å². The van der Waals surface area contributed by atoms with E-state index in [4.69, 9.17) is 14.2 Å². The molecule has 0 fully saturated rings. The number of aryl methyl sites for hydroxylation is 2. The number of esters is 3. The van der Waals surface area contributed by atoms with Gasteiger partial charge in [0.05, 0.1) is 24.3 Å². The molecule has 0 saturated carbocycles. The summed E-state index contributed by atoms with van der Waals surface area (Å²) in [7, 11) is 0. The van der Waals surface area contributed by atoms with Crippen molar-refractivity contribution in [3.05, 3.63) is 39.0 Å². The third-order valence-corrected chi connectivity index (χ3v) is 5.53. The summed E-state index contributed by atoms with van der Waals surface area (Å²) in [6.45, 7) is 8.40. The van der Waals surface area contributed by atoms with Gasteiger partial charge in [0.15, 0.2) is 6.61 Å². The Hall–Kier alpha value is -3.14. The molecule has 1 amide bonds. The third kappa shape index (κ3) is 5.72. The third-order valence-electron chi connectivity index (χ3n) is 4.34. The van der Waals surface area contributed by atoms with E-state index in [1.807, 2.05) is 6.92 Å². The van der Waals surface area contributed by atoms with Gasteiger partial charge in [0, 0.05) is 10.6 Å². The molecular weight excluding hydrogens is 424 g/mol. The van der Waals surface area contributed by atoms with Crippen LogP contribution in [0.3, 0.4) is 0 Å². The normalized spacial score (nSPS) is 10.5. The first-order valence-corrected chi connectivity index (χ1v) is 10.7. The second-order valence-corrected chi connectivity index (χ2v) is 7.64. The number of anilines is 1. The number of aromatic amines is 1. The lowest BCUT2D eigenvalue weighted by molar-refractivity contribution is -0.119. The summed E-state index contributed by atoms with van der Waals surface area (Å²) in [5.41, 5.74) is 1.46. The lowest BCUT2D eigenvalue weighted by Gasteiger charge is -2.07. The van der Waals surface area contributed by atoms with Gasteiger partial charge in [-0.15, -0.1) is 11.3 Å². The molecule has 10 heteroatoms. The zero-order valence-electron chi connectivity index (χ0n) is 18.2. The van der Waals surface area contributed by atoms with Crippen LogP contribution in [-0.2, 0) is 25.4 Å². The number of nitrogens with one attached hydrogen (secondary N) is 2. The molecule has 0 bridgehead atoms. The molecule has 168 valence electrons. The number of aromatic nitrogens is 1. The number of hydrogen-bond donors (Lipinski definition) is 2. The maximum absolute atomic E-state index is 12.4. The van der Waals surface area contributed by atoms with Crippen molar-refractivity contribution in [3.8, 4) is 0 Å². The molecule has 0 atom stereocenters. The molecule has 9 nitrogen and oxygen atoms in total. The fourth-order valence-electron chi connectivity index (χ4n) is 2.90. The largest absolute Gasteiger partial charge is 0.462 e. The van der Waals surface area contributed by atoms with Gasteiger partial charge in [0.2, 0.25) is 0 Å². The van der Waals surface area contributed by atoms with Crippen molar-refractivity contribution in [1.29, 1.82) is 0 Å². The fraction of sp³-hybridized carbons (Fsp3) is 0.429. The van der Waals surface area contributed by atoms with Gasteiger partial charge < -0.3 is 24.5 Å². The van der Waals surface area contributed by atoms with E-state index in [0.717, 1.165) is 4.88 Å². The molecule has 2 N–H and O–H groups in total. The highest BCUT2D eigenvalue weighted by Crippen LogP contribution is 2.29. The Labute approximate surface area is 184 Å². The van der Waals surface area contributed by atoms with E-state index in [1.54, 1.807) is 33.8 Å². The molecular formula is C21H26N2O7S. The maximum Gasteiger partial charge on any atom is 0.355 e. The number of thiophene rings is 1. The van der Waals surface area contributed by atoms with Crippen LogP contribution >= 0.6 is 11.3 Å². The van der Waals surface area contributed by atoms with Gasteiger partial charge in [-0.2, -0.15) is 0 Å². The minimum atomic E-state index is -0.780. The minimum Gasteiger partial charge on any atom is -0.462 e. The molecule has 2 aromatic rings. The molecule has 2 aromatic heterocycles. The van der Waals surface area contributed by atoms with Crippen molar-refractivity contribution in [2.45, 2.75) is 41.0 Å². The summed E-state index contributed by atoms with van der Waals surface area (Å²) in [4.78, 5) is 52.6. The zero-order valence-corrected chi connectivity index (χ0v) is 19.0. The van der Waals surface area contributed by atoms with Crippen LogP contribution in [-0.4, -0.2) is 48.6 Å². The Morgan fingerprint density at radius 1 is 0.968 bits per heavy atom. The first-order valence-electron chi connectivity index (χ1n) is 9.86. The van der Waals surface area contributed by atoms with Crippen molar-refractivity contribution in [2.75, 3.05) is 25.1 Å². The number of carbonyl (C=O) groups is 4. The first kappa shape index (κ1) is 24.1. The zero-order chi connectivity index (χ0) is 23.1. The molecule has 0 aliphatic heterocycles. The Morgan fingerprint density at radius 2 is 1.61 bits per heavy atom. The van der Waals surface area contributed by atoms with E-state index in [1.165, 1.54) is 11.3 Å². The highest BCUT2D eigenvalue weighted by molar-refractivity contribution is 7.16. The number of rotatable bonds is 9. The quantitative estimate of drug-likeness (QED) is 0.443. The topological polar surface area (TPSA) is 124 Å². The molecule has 0 unspecified atom stereocenters. The summed E-state index contributed by atoms with van der Waals surface area (Å²) in [5.74, 6) is -2.46. The van der Waals surface area contributed by atoms with Crippen LogP contribution in [0.15, 0.2) is 6.07 Å². The van der Waals surface area contributed by atoms with E-state index in [9.17, 15) is 19.2 Å². The van der Waals surface area contributed by atoms with Crippen molar-refractivity contribution in [3.63, 3.8) is 0 Å². The second-order valence-electron chi connectivity index (χ2n) is 6.50. The summed E-state index contributed by atoms with van der Waals surface area (Å²) in [6.07, 6.45) is 0.691. The minimum absolute atomic E-state index is 0.0740. The van der Waals surface area contributed by atoms with Crippen molar-refractivity contribution in [1.82, 2.24) is 4.98 Å². The Bertz CT molecular complexity index is 990. The molecule has 0 spiro atoms. The van der Waals surface area contributed by atoms with E-state index in [0.29, 0.717) is 22.7 Å². The number of carbonyl (C=O) groups excluding carboxylic acids is 4. The molecule has 31 heavy (non-hydrogen) atoms. The predicted molar refractivity (Wildman–Crippen MR) is 115 cm³/mol. The van der Waals surface area contributed by atoms with Crippen LogP contribution in [0.2, 0.25) is 0 Å². The monoisotopic (exact) mass is 450 g/mol. The van der Waals surface area contributed by atoms with E-state index in [2.05, 4.69) is 10.3 Å². The number of H-pyrrole nitrogens is 1. The predicted octanol–water partition coefficient (Wildman–Crippen LogP) is 3.40. The Balaban J connectivity index is 2.06. The van der Waals surface area contributed by atoms with Gasteiger partial charge >= 0.3 is 17.9 Å². The lowest BCUT2D eigenvalue weighted by atomic mass is 10.1. The van der Waals surface area contributed by atoms with E-state index >= 15 is 0 Å². The fourth-order valence-corrected chi connectivity index (χ4v) is 3.90. The SMILES string of the molecule is CCOC(=O)c1cc(CC)sc1NC(=O)COC(=O)c1[nH]c(C)c(C(=O)OCC)c1C. The first-order chi connectivity index (χ1) is 14.7. The molecule has 0 aliphatic carbocycles. The van der Waals surface area contributed by atoms with Crippen LogP contribution in [0.5, 0.6) is 0 Å².